The van der Waals surface area contributed by atoms with E-state index in [2.05, 4.69) is 34.7 Å². The number of nitrogens with one attached hydrogen (secondary N) is 1. The number of alkyl halides is 3. The Bertz CT molecular complexity index is 817. The van der Waals surface area contributed by atoms with Crippen LogP contribution in [-0.4, -0.2) is 45.2 Å². The largest absolute Gasteiger partial charge is 0.598 e. The summed E-state index contributed by atoms with van der Waals surface area (Å²) in [6.07, 6.45) is -1.79. The van der Waals surface area contributed by atoms with E-state index in [0.29, 0.717) is 11.3 Å². The van der Waals surface area contributed by atoms with Crippen LogP contribution in [0.25, 0.3) is 0 Å². The van der Waals surface area contributed by atoms with E-state index in [0.717, 1.165) is 6.17 Å². The summed E-state index contributed by atoms with van der Waals surface area (Å²) in [7, 11) is -1.42. The van der Waals surface area contributed by atoms with Crippen molar-refractivity contribution in [3.8, 4) is 5.75 Å². The molecule has 1 aromatic heterocycles. The molecule has 1 N–H and O–H groups in total. The van der Waals surface area contributed by atoms with Gasteiger partial charge in [0.25, 0.3) is 0 Å². The van der Waals surface area contributed by atoms with E-state index >= 15 is 0 Å². The van der Waals surface area contributed by atoms with Gasteiger partial charge in [0.05, 0.1) is 14.3 Å². The van der Waals surface area contributed by atoms with Crippen molar-refractivity contribution in [1.29, 1.82) is 0 Å². The van der Waals surface area contributed by atoms with Crippen LogP contribution in [0.1, 0.15) is 38.1 Å². The Balaban J connectivity index is 2.28. The normalized spacial score (nSPS) is 15.1. The summed E-state index contributed by atoms with van der Waals surface area (Å²) in [5.41, 5.74) is 1.29. The molecule has 0 aliphatic rings. The van der Waals surface area contributed by atoms with Crippen molar-refractivity contribution in [2.75, 3.05) is 6.61 Å². The number of hydrogen-bond donors (Lipinski definition) is 1. The van der Waals surface area contributed by atoms with Gasteiger partial charge in [0.1, 0.15) is 22.2 Å². The Morgan fingerprint density at radius 3 is 2.27 bits per heavy atom. The van der Waals surface area contributed by atoms with Crippen molar-refractivity contribution in [2.45, 2.75) is 63.5 Å². The predicted molar refractivity (Wildman–Crippen MR) is 114 cm³/mol. The average molecular weight is 463 g/mol. The second kappa shape index (κ2) is 9.29. The van der Waals surface area contributed by atoms with Crippen LogP contribution >= 0.6 is 0 Å². The zero-order valence-electron chi connectivity index (χ0n) is 18.1. The fourth-order valence-corrected chi connectivity index (χ4v) is 4.46. The minimum absolute atomic E-state index is 0.106. The lowest BCUT2D eigenvalue weighted by Crippen LogP contribution is -2.41. The fraction of sp³-hybridized carbons (Fsp3) is 0.579. The van der Waals surface area contributed by atoms with Crippen molar-refractivity contribution < 1.29 is 22.5 Å². The second-order valence-corrected chi connectivity index (χ2v) is 16.7. The summed E-state index contributed by atoms with van der Waals surface area (Å²) < 4.78 is 59.0. The molecule has 1 aromatic carbocycles. The molecule has 0 aliphatic carbocycles. The topological polar surface area (TPSA) is 75.0 Å². The van der Waals surface area contributed by atoms with Gasteiger partial charge in [0.15, 0.2) is 6.61 Å². The van der Waals surface area contributed by atoms with Gasteiger partial charge in [-0.25, -0.2) is 0 Å². The first-order chi connectivity index (χ1) is 13.6. The van der Waals surface area contributed by atoms with Gasteiger partial charge in [-0.3, -0.25) is 4.68 Å². The maximum Gasteiger partial charge on any atom is 0.422 e. The molecule has 11 heteroatoms. The van der Waals surface area contributed by atoms with E-state index in [1.165, 1.54) is 12.1 Å². The van der Waals surface area contributed by atoms with E-state index in [4.69, 9.17) is 4.74 Å². The van der Waals surface area contributed by atoms with E-state index in [1.807, 2.05) is 27.0 Å². The van der Waals surface area contributed by atoms with Gasteiger partial charge in [0.2, 0.25) is 0 Å². The number of rotatable bonds is 8. The van der Waals surface area contributed by atoms with Crippen LogP contribution < -0.4 is 9.46 Å². The Hall–Kier alpha value is -1.56. The first-order valence-corrected chi connectivity index (χ1v) is 14.4. The van der Waals surface area contributed by atoms with E-state index in [9.17, 15) is 17.7 Å². The van der Waals surface area contributed by atoms with Crippen molar-refractivity contribution in [2.24, 2.45) is 0 Å². The molecule has 168 valence electrons. The lowest BCUT2D eigenvalue weighted by atomic mass is 10.1. The van der Waals surface area contributed by atoms with Crippen molar-refractivity contribution >= 4 is 19.4 Å². The quantitative estimate of drug-likeness (QED) is 0.469. The molecule has 0 radical (unpaired) electrons. The van der Waals surface area contributed by atoms with Crippen molar-refractivity contribution in [3.63, 3.8) is 0 Å². The molecule has 2 atom stereocenters. The lowest BCUT2D eigenvalue weighted by molar-refractivity contribution is -0.153. The summed E-state index contributed by atoms with van der Waals surface area (Å²) in [6.45, 7) is 10.9. The molecule has 0 unspecified atom stereocenters. The molecule has 30 heavy (non-hydrogen) atoms. The standard InChI is InChI=1S/C19H29F3N4O2SSi/c1-18(2,3)29(27)24-17(16-11-26(25-23-16)13-30(4,5)6)14-7-9-15(10-8-14)28-12-19(20,21)22/h7-11,17,24H,12-13H2,1-6H3/t17-,29-/m0/s1. The Morgan fingerprint density at radius 2 is 1.77 bits per heavy atom. The smallest absolute Gasteiger partial charge is 0.422 e. The first-order valence-electron chi connectivity index (χ1n) is 9.52. The predicted octanol–water partition coefficient (Wildman–Crippen LogP) is 4.24. The fourth-order valence-electron chi connectivity index (χ4n) is 2.51. The Morgan fingerprint density at radius 1 is 1.17 bits per heavy atom. The third-order valence-corrected chi connectivity index (χ3v) is 6.72. The molecule has 0 saturated heterocycles. The maximum absolute atomic E-state index is 12.7. The van der Waals surface area contributed by atoms with Gasteiger partial charge in [-0.05, 0) is 38.5 Å². The zero-order chi connectivity index (χ0) is 22.7. The number of nitrogens with zero attached hydrogens (tertiary/aromatic N) is 3. The van der Waals surface area contributed by atoms with Gasteiger partial charge >= 0.3 is 6.18 Å². The molecule has 6 nitrogen and oxygen atoms in total. The van der Waals surface area contributed by atoms with Crippen molar-refractivity contribution in [3.05, 3.63) is 41.7 Å². The number of benzene rings is 1. The molecule has 0 spiro atoms. The summed E-state index contributed by atoms with van der Waals surface area (Å²) in [5, 5.41) is 8.47. The first kappa shape index (κ1) is 24.7. The highest BCUT2D eigenvalue weighted by molar-refractivity contribution is 7.90. The van der Waals surface area contributed by atoms with Gasteiger partial charge < -0.3 is 9.29 Å². The van der Waals surface area contributed by atoms with E-state index in [1.54, 1.807) is 16.8 Å². The van der Waals surface area contributed by atoms with Gasteiger partial charge in [-0.15, -0.1) is 9.82 Å². The monoisotopic (exact) mass is 462 g/mol. The Kier molecular flexibility index (Phi) is 7.65. The highest BCUT2D eigenvalue weighted by atomic mass is 32.2. The molecule has 0 aliphatic heterocycles. The van der Waals surface area contributed by atoms with Crippen LogP contribution in [0.5, 0.6) is 5.75 Å². The van der Waals surface area contributed by atoms with Gasteiger partial charge in [0, 0.05) is 17.5 Å². The minimum Gasteiger partial charge on any atom is -0.598 e. The van der Waals surface area contributed by atoms with Crippen molar-refractivity contribution in [1.82, 2.24) is 19.7 Å². The summed E-state index contributed by atoms with van der Waals surface area (Å²) in [4.78, 5) is 0. The second-order valence-electron chi connectivity index (χ2n) is 9.31. The molecule has 0 bridgehead atoms. The van der Waals surface area contributed by atoms with Crippen LogP contribution in [0, 0.1) is 0 Å². The minimum atomic E-state index is -4.40. The van der Waals surface area contributed by atoms with Crippen LogP contribution in [-0.2, 0) is 17.5 Å². The van der Waals surface area contributed by atoms with Crippen LogP contribution in [0.4, 0.5) is 13.2 Å². The third-order valence-electron chi connectivity index (χ3n) is 3.89. The average Bonchev–Trinajstić information content (AvgIpc) is 3.03. The molecule has 2 rings (SSSR count). The van der Waals surface area contributed by atoms with Crippen LogP contribution in [0.3, 0.4) is 0 Å². The summed E-state index contributed by atoms with van der Waals surface area (Å²) in [5.74, 6) is 0.106. The maximum atomic E-state index is 12.7. The molecular weight excluding hydrogens is 433 g/mol. The highest BCUT2D eigenvalue weighted by Gasteiger charge is 2.32. The Labute approximate surface area is 179 Å². The molecule has 1 heterocycles. The number of ether oxygens (including phenoxy) is 1. The van der Waals surface area contributed by atoms with Gasteiger partial charge in [-0.1, -0.05) is 37.0 Å². The van der Waals surface area contributed by atoms with E-state index in [-0.39, 0.29) is 5.75 Å². The number of hydrogen-bond acceptors (Lipinski definition) is 5. The third kappa shape index (κ3) is 7.93. The number of aromatic nitrogens is 3. The molecule has 2 aromatic rings. The molecule has 0 fully saturated rings. The molecule has 0 saturated carbocycles. The highest BCUT2D eigenvalue weighted by Crippen LogP contribution is 2.27. The van der Waals surface area contributed by atoms with E-state index < -0.39 is 43.0 Å². The summed E-state index contributed by atoms with van der Waals surface area (Å²) in [6, 6.07) is 5.67. The number of halogens is 3. The lowest BCUT2D eigenvalue weighted by Gasteiger charge is -2.27. The van der Waals surface area contributed by atoms with Crippen LogP contribution in [0.2, 0.25) is 19.6 Å². The molecule has 0 amide bonds. The van der Waals surface area contributed by atoms with Gasteiger partial charge in [-0.2, -0.15) is 13.2 Å². The van der Waals surface area contributed by atoms with Crippen LogP contribution in [0.15, 0.2) is 30.5 Å². The zero-order valence-corrected chi connectivity index (χ0v) is 19.9. The SMILES string of the molecule is CC(C)(C)[S@+]([O-])N[C@@H](c1ccc(OCC(F)(F)F)cc1)c1cn(C[Si](C)(C)C)nn1. The summed E-state index contributed by atoms with van der Waals surface area (Å²) >= 11 is -1.40. The molecular formula is C19H29F3N4O2SSi.